The molecule has 0 fully saturated rings. The predicted octanol–water partition coefficient (Wildman–Crippen LogP) is 3.39. The van der Waals surface area contributed by atoms with Crippen molar-refractivity contribution in [3.63, 3.8) is 0 Å². The number of hydrogen-bond acceptors (Lipinski definition) is 1. The minimum Gasteiger partial charge on any atom is -0.327 e. The molecular weight excluding hydrogens is 158 g/mol. The molecule has 0 spiro atoms. The van der Waals surface area contributed by atoms with Crippen LogP contribution in [0.25, 0.3) is 0 Å². The molecule has 1 heteroatoms. The Balaban J connectivity index is 2.18. The van der Waals surface area contributed by atoms with Gasteiger partial charge in [-0.1, -0.05) is 31.4 Å². The molecule has 1 rings (SSSR count). The first kappa shape index (κ1) is 10.8. The van der Waals surface area contributed by atoms with E-state index in [1.165, 1.54) is 44.9 Å². The molecule has 0 aromatic heterocycles. The zero-order valence-corrected chi connectivity index (χ0v) is 8.89. The second-order valence-electron chi connectivity index (χ2n) is 4.21. The molecule has 1 nitrogen and oxygen atoms in total. The summed E-state index contributed by atoms with van der Waals surface area (Å²) in [5.41, 5.74) is 7.67. The van der Waals surface area contributed by atoms with Gasteiger partial charge in [-0.25, -0.2) is 0 Å². The molecule has 0 heterocycles. The highest BCUT2D eigenvalue weighted by molar-refractivity contribution is 5.06. The Hall–Kier alpha value is -0.300. The van der Waals surface area contributed by atoms with E-state index in [4.69, 9.17) is 5.73 Å². The van der Waals surface area contributed by atoms with Gasteiger partial charge in [0.1, 0.15) is 0 Å². The van der Waals surface area contributed by atoms with Gasteiger partial charge in [-0.2, -0.15) is 0 Å². The maximum atomic E-state index is 6.05. The Morgan fingerprint density at radius 3 is 2.92 bits per heavy atom. The van der Waals surface area contributed by atoms with Crippen LogP contribution in [0.2, 0.25) is 0 Å². The van der Waals surface area contributed by atoms with Gasteiger partial charge in [0.2, 0.25) is 0 Å². The number of allylic oxidation sites excluding steroid dienone is 1. The lowest BCUT2D eigenvalue weighted by Crippen LogP contribution is -2.20. The molecule has 0 aromatic rings. The molecule has 1 aliphatic rings. The first-order chi connectivity index (χ1) is 6.33. The summed E-state index contributed by atoms with van der Waals surface area (Å²) in [5, 5.41) is 0. The van der Waals surface area contributed by atoms with E-state index in [1.54, 1.807) is 5.57 Å². The summed E-state index contributed by atoms with van der Waals surface area (Å²) in [6.45, 7) is 2.23. The van der Waals surface area contributed by atoms with Crippen molar-refractivity contribution < 1.29 is 0 Å². The van der Waals surface area contributed by atoms with E-state index >= 15 is 0 Å². The highest BCUT2D eigenvalue weighted by Gasteiger charge is 2.08. The maximum absolute atomic E-state index is 6.05. The second-order valence-corrected chi connectivity index (χ2v) is 4.21. The molecule has 1 atom stereocenters. The van der Waals surface area contributed by atoms with Crippen LogP contribution >= 0.6 is 0 Å². The lowest BCUT2D eigenvalue weighted by molar-refractivity contribution is 0.550. The van der Waals surface area contributed by atoms with Crippen molar-refractivity contribution in [2.24, 2.45) is 5.73 Å². The molecule has 0 aliphatic heterocycles. The van der Waals surface area contributed by atoms with Gasteiger partial charge in [0.15, 0.2) is 0 Å². The molecule has 1 aliphatic carbocycles. The Morgan fingerprint density at radius 2 is 2.31 bits per heavy atom. The third-order valence-electron chi connectivity index (χ3n) is 2.84. The lowest BCUT2D eigenvalue weighted by Gasteiger charge is -2.16. The normalized spacial score (nSPS) is 19.7. The standard InChI is InChI=1S/C12H23N/c1-2-3-9-12(13)10-11-7-5-4-6-8-11/h7,12H,2-6,8-10,13H2,1H3. The highest BCUT2D eigenvalue weighted by Crippen LogP contribution is 2.21. The molecule has 0 bridgehead atoms. The van der Waals surface area contributed by atoms with Gasteiger partial charge in [0, 0.05) is 6.04 Å². The largest absolute Gasteiger partial charge is 0.327 e. The third-order valence-corrected chi connectivity index (χ3v) is 2.84. The number of nitrogens with two attached hydrogens (primary N) is 1. The number of unbranched alkanes of at least 4 members (excludes halogenated alkanes) is 1. The van der Waals surface area contributed by atoms with Gasteiger partial charge >= 0.3 is 0 Å². The van der Waals surface area contributed by atoms with Crippen LogP contribution in [0.4, 0.5) is 0 Å². The van der Waals surface area contributed by atoms with Crippen LogP contribution in [0.1, 0.15) is 58.3 Å². The van der Waals surface area contributed by atoms with Gasteiger partial charge in [0.25, 0.3) is 0 Å². The Labute approximate surface area is 82.4 Å². The van der Waals surface area contributed by atoms with E-state index < -0.39 is 0 Å². The van der Waals surface area contributed by atoms with Crippen molar-refractivity contribution in [2.45, 2.75) is 64.3 Å². The summed E-state index contributed by atoms with van der Waals surface area (Å²) in [5.74, 6) is 0. The van der Waals surface area contributed by atoms with Crippen molar-refractivity contribution in [2.75, 3.05) is 0 Å². The predicted molar refractivity (Wildman–Crippen MR) is 58.7 cm³/mol. The van der Waals surface area contributed by atoms with E-state index in [-0.39, 0.29) is 0 Å². The minimum atomic E-state index is 0.421. The summed E-state index contributed by atoms with van der Waals surface area (Å²) >= 11 is 0. The average molecular weight is 181 g/mol. The maximum Gasteiger partial charge on any atom is 0.00760 e. The van der Waals surface area contributed by atoms with Gasteiger partial charge in [-0.3, -0.25) is 0 Å². The fourth-order valence-electron chi connectivity index (χ4n) is 2.00. The molecule has 1 unspecified atom stereocenters. The van der Waals surface area contributed by atoms with Crippen LogP contribution in [-0.2, 0) is 0 Å². The SMILES string of the molecule is CCCCC(N)CC1=CCCCC1. The van der Waals surface area contributed by atoms with Gasteiger partial charge in [-0.05, 0) is 38.5 Å². The summed E-state index contributed by atoms with van der Waals surface area (Å²) in [7, 11) is 0. The van der Waals surface area contributed by atoms with E-state index in [0.717, 1.165) is 6.42 Å². The van der Waals surface area contributed by atoms with Gasteiger partial charge in [0.05, 0.1) is 0 Å². The Bertz CT molecular complexity index is 161. The Morgan fingerprint density at radius 1 is 1.46 bits per heavy atom. The van der Waals surface area contributed by atoms with Gasteiger partial charge < -0.3 is 5.73 Å². The molecular formula is C12H23N. The van der Waals surface area contributed by atoms with Crippen LogP contribution in [0.15, 0.2) is 11.6 Å². The number of rotatable bonds is 5. The monoisotopic (exact) mass is 181 g/mol. The average Bonchev–Trinajstić information content (AvgIpc) is 2.16. The van der Waals surface area contributed by atoms with Gasteiger partial charge in [-0.15, -0.1) is 0 Å². The van der Waals surface area contributed by atoms with Crippen molar-refractivity contribution in [3.8, 4) is 0 Å². The smallest absolute Gasteiger partial charge is 0.00760 e. The van der Waals surface area contributed by atoms with E-state index in [1.807, 2.05) is 0 Å². The fourth-order valence-corrected chi connectivity index (χ4v) is 2.00. The quantitative estimate of drug-likeness (QED) is 0.646. The van der Waals surface area contributed by atoms with Crippen LogP contribution in [0.3, 0.4) is 0 Å². The summed E-state index contributed by atoms with van der Waals surface area (Å²) in [6, 6.07) is 0.421. The molecule has 2 N–H and O–H groups in total. The van der Waals surface area contributed by atoms with E-state index in [2.05, 4.69) is 13.0 Å². The lowest BCUT2D eigenvalue weighted by atomic mass is 9.93. The van der Waals surface area contributed by atoms with E-state index in [9.17, 15) is 0 Å². The third kappa shape index (κ3) is 4.47. The van der Waals surface area contributed by atoms with Crippen molar-refractivity contribution in [3.05, 3.63) is 11.6 Å². The molecule has 76 valence electrons. The molecule has 0 saturated heterocycles. The van der Waals surface area contributed by atoms with Crippen LogP contribution in [0.5, 0.6) is 0 Å². The molecule has 0 saturated carbocycles. The van der Waals surface area contributed by atoms with E-state index in [0.29, 0.717) is 6.04 Å². The first-order valence-electron chi connectivity index (χ1n) is 5.76. The molecule has 0 aromatic carbocycles. The zero-order valence-electron chi connectivity index (χ0n) is 8.89. The molecule has 13 heavy (non-hydrogen) atoms. The second kappa shape index (κ2) is 6.20. The van der Waals surface area contributed by atoms with Crippen molar-refractivity contribution in [1.82, 2.24) is 0 Å². The molecule has 0 amide bonds. The van der Waals surface area contributed by atoms with Crippen molar-refractivity contribution in [1.29, 1.82) is 0 Å². The summed E-state index contributed by atoms with van der Waals surface area (Å²) in [6.07, 6.45) is 12.7. The topological polar surface area (TPSA) is 26.0 Å². The minimum absolute atomic E-state index is 0.421. The zero-order chi connectivity index (χ0) is 9.52. The fraction of sp³-hybridized carbons (Fsp3) is 0.833. The highest BCUT2D eigenvalue weighted by atomic mass is 14.6. The molecule has 0 radical (unpaired) electrons. The summed E-state index contributed by atoms with van der Waals surface area (Å²) < 4.78 is 0. The first-order valence-corrected chi connectivity index (χ1v) is 5.76. The van der Waals surface area contributed by atoms with Crippen LogP contribution in [0, 0.1) is 0 Å². The van der Waals surface area contributed by atoms with Crippen LogP contribution < -0.4 is 5.73 Å². The summed E-state index contributed by atoms with van der Waals surface area (Å²) in [4.78, 5) is 0. The van der Waals surface area contributed by atoms with Crippen LogP contribution in [-0.4, -0.2) is 6.04 Å². The Kier molecular flexibility index (Phi) is 5.14. The van der Waals surface area contributed by atoms with Crippen molar-refractivity contribution >= 4 is 0 Å². The number of hydrogen-bond donors (Lipinski definition) is 1.